The zero-order chi connectivity index (χ0) is 18.6. The van der Waals surface area contributed by atoms with Crippen LogP contribution in [0.2, 0.25) is 0 Å². The summed E-state index contributed by atoms with van der Waals surface area (Å²) in [5.41, 5.74) is 1.83. The Balaban J connectivity index is 1.39. The Morgan fingerprint density at radius 2 is 1.15 bits per heavy atom. The highest BCUT2D eigenvalue weighted by molar-refractivity contribution is 5.84. The second-order valence-corrected chi connectivity index (χ2v) is 7.03. The Bertz CT molecular complexity index is 721. The van der Waals surface area contributed by atoms with Gasteiger partial charge in [0, 0.05) is 0 Å². The van der Waals surface area contributed by atoms with Crippen molar-refractivity contribution in [1.82, 2.24) is 0 Å². The molecule has 4 rings (SSSR count). The van der Waals surface area contributed by atoms with E-state index >= 15 is 0 Å². The van der Waals surface area contributed by atoms with Gasteiger partial charge in [-0.05, 0) is 24.0 Å². The fraction of sp³-hybridized carbons (Fsp3) is 0.364. The predicted octanol–water partition coefficient (Wildman–Crippen LogP) is 3.27. The molecule has 0 saturated carbocycles. The molecule has 0 amide bonds. The molecule has 2 aromatic carbocycles. The maximum absolute atomic E-state index is 12.7. The number of benzene rings is 2. The number of rotatable bonds is 6. The van der Waals surface area contributed by atoms with Gasteiger partial charge in [-0.2, -0.15) is 0 Å². The topological polar surface area (TPSA) is 61.8 Å². The number of carbonyl (C=O) groups excluding carboxylic acids is 2. The number of esters is 2. The van der Waals surface area contributed by atoms with E-state index in [1.165, 1.54) is 0 Å². The molecule has 0 spiro atoms. The number of carbonyl (C=O) groups is 2. The van der Waals surface area contributed by atoms with Crippen LogP contribution in [0.5, 0.6) is 0 Å². The van der Waals surface area contributed by atoms with Crippen molar-refractivity contribution in [2.75, 3.05) is 0 Å². The summed E-state index contributed by atoms with van der Waals surface area (Å²) in [6.45, 7) is 0.388. The van der Waals surface area contributed by atoms with Crippen LogP contribution in [0.25, 0.3) is 0 Å². The fourth-order valence-corrected chi connectivity index (χ4v) is 3.93. The Morgan fingerprint density at radius 3 is 1.56 bits per heavy atom. The van der Waals surface area contributed by atoms with E-state index < -0.39 is 11.8 Å². The second-order valence-electron chi connectivity index (χ2n) is 7.03. The molecule has 2 heterocycles. The van der Waals surface area contributed by atoms with Crippen LogP contribution < -0.4 is 0 Å². The van der Waals surface area contributed by atoms with Crippen molar-refractivity contribution in [3.8, 4) is 0 Å². The average Bonchev–Trinajstić information content (AvgIpc) is 3.33. The van der Waals surface area contributed by atoms with E-state index in [9.17, 15) is 9.59 Å². The van der Waals surface area contributed by atoms with Gasteiger partial charge in [0.15, 0.2) is 0 Å². The molecule has 2 fully saturated rings. The highest BCUT2D eigenvalue weighted by Gasteiger charge is 2.56. The maximum Gasteiger partial charge on any atom is 0.312 e. The third-order valence-electron chi connectivity index (χ3n) is 5.27. The van der Waals surface area contributed by atoms with Crippen LogP contribution in [0, 0.1) is 11.8 Å². The van der Waals surface area contributed by atoms with Crippen molar-refractivity contribution in [3.05, 3.63) is 71.8 Å². The van der Waals surface area contributed by atoms with Gasteiger partial charge in [0.25, 0.3) is 0 Å². The molecule has 2 aliphatic rings. The number of fused-ring (bicyclic) bond motifs is 2. The first-order valence-corrected chi connectivity index (χ1v) is 9.29. The second kappa shape index (κ2) is 7.92. The van der Waals surface area contributed by atoms with Gasteiger partial charge in [-0.25, -0.2) is 0 Å². The smallest absolute Gasteiger partial charge is 0.312 e. The van der Waals surface area contributed by atoms with Crippen LogP contribution in [-0.2, 0) is 37.0 Å². The van der Waals surface area contributed by atoms with E-state index in [4.69, 9.17) is 14.2 Å². The Labute approximate surface area is 158 Å². The summed E-state index contributed by atoms with van der Waals surface area (Å²) < 4.78 is 16.8. The summed E-state index contributed by atoms with van der Waals surface area (Å²) >= 11 is 0. The molecule has 2 saturated heterocycles. The molecule has 27 heavy (non-hydrogen) atoms. The predicted molar refractivity (Wildman–Crippen MR) is 97.4 cm³/mol. The summed E-state index contributed by atoms with van der Waals surface area (Å²) in [5, 5.41) is 0. The number of hydrogen-bond donors (Lipinski definition) is 0. The van der Waals surface area contributed by atoms with Crippen molar-refractivity contribution >= 4 is 11.9 Å². The molecule has 5 nitrogen and oxygen atoms in total. The molecule has 0 aromatic heterocycles. The third-order valence-corrected chi connectivity index (χ3v) is 5.27. The van der Waals surface area contributed by atoms with Gasteiger partial charge in [-0.3, -0.25) is 9.59 Å². The minimum absolute atomic E-state index is 0.194. The normalized spacial score (nSPS) is 25.9. The maximum atomic E-state index is 12.7. The minimum atomic E-state index is -0.587. The summed E-state index contributed by atoms with van der Waals surface area (Å²) in [5.74, 6) is -1.94. The average molecular weight is 366 g/mol. The molecule has 140 valence electrons. The molecule has 5 heteroatoms. The molecule has 0 radical (unpaired) electrons. The van der Waals surface area contributed by atoms with Crippen molar-refractivity contribution < 1.29 is 23.8 Å². The SMILES string of the molecule is O=C(OCc1ccccc1)C1C2CCC(O2)C1C(=O)OCc1ccccc1. The van der Waals surface area contributed by atoms with E-state index in [0.717, 1.165) is 24.0 Å². The lowest BCUT2D eigenvalue weighted by Gasteiger charge is -2.25. The first-order valence-electron chi connectivity index (χ1n) is 9.29. The van der Waals surface area contributed by atoms with Gasteiger partial charge < -0.3 is 14.2 Å². The van der Waals surface area contributed by atoms with Gasteiger partial charge in [0.1, 0.15) is 13.2 Å². The molecule has 2 aliphatic heterocycles. The molecular formula is C22H22O5. The molecule has 4 atom stereocenters. The van der Waals surface area contributed by atoms with Crippen LogP contribution in [0.4, 0.5) is 0 Å². The van der Waals surface area contributed by atoms with Gasteiger partial charge in [0.2, 0.25) is 0 Å². The van der Waals surface area contributed by atoms with Crippen LogP contribution in [0.3, 0.4) is 0 Å². The largest absolute Gasteiger partial charge is 0.461 e. The van der Waals surface area contributed by atoms with Crippen LogP contribution in [-0.4, -0.2) is 24.1 Å². The third kappa shape index (κ3) is 3.88. The van der Waals surface area contributed by atoms with Crippen molar-refractivity contribution in [2.24, 2.45) is 11.8 Å². The van der Waals surface area contributed by atoms with Crippen LogP contribution in [0.1, 0.15) is 24.0 Å². The van der Waals surface area contributed by atoms with Gasteiger partial charge >= 0.3 is 11.9 Å². The Morgan fingerprint density at radius 1 is 0.741 bits per heavy atom. The van der Waals surface area contributed by atoms with Gasteiger partial charge in [-0.1, -0.05) is 60.7 Å². The lowest BCUT2D eigenvalue weighted by atomic mass is 9.79. The quantitative estimate of drug-likeness (QED) is 0.735. The number of hydrogen-bond acceptors (Lipinski definition) is 5. The highest BCUT2D eigenvalue weighted by Crippen LogP contribution is 2.44. The minimum Gasteiger partial charge on any atom is -0.461 e. The number of ether oxygens (including phenoxy) is 3. The lowest BCUT2D eigenvalue weighted by molar-refractivity contribution is -0.162. The lowest BCUT2D eigenvalue weighted by Crippen LogP contribution is -2.40. The summed E-state index contributed by atoms with van der Waals surface area (Å²) in [6, 6.07) is 19.0. The molecule has 2 bridgehead atoms. The molecule has 0 aliphatic carbocycles. The van der Waals surface area contributed by atoms with Crippen LogP contribution in [0.15, 0.2) is 60.7 Å². The standard InChI is InChI=1S/C22H22O5/c23-21(25-13-15-7-3-1-4-8-15)19-17-11-12-18(27-17)20(19)22(24)26-14-16-9-5-2-6-10-16/h1-10,17-20H,11-14H2. The van der Waals surface area contributed by atoms with Crippen molar-refractivity contribution in [2.45, 2.75) is 38.3 Å². The van der Waals surface area contributed by atoms with Crippen molar-refractivity contribution in [1.29, 1.82) is 0 Å². The van der Waals surface area contributed by atoms with Crippen LogP contribution >= 0.6 is 0 Å². The first kappa shape index (κ1) is 17.7. The van der Waals surface area contributed by atoms with E-state index in [2.05, 4.69) is 0 Å². The summed E-state index contributed by atoms with van der Waals surface area (Å²) in [7, 11) is 0. The summed E-state index contributed by atoms with van der Waals surface area (Å²) in [6.07, 6.45) is 1.04. The molecular weight excluding hydrogens is 344 g/mol. The van der Waals surface area contributed by atoms with Crippen molar-refractivity contribution in [3.63, 3.8) is 0 Å². The highest BCUT2D eigenvalue weighted by atomic mass is 16.6. The zero-order valence-electron chi connectivity index (χ0n) is 15.0. The van der Waals surface area contributed by atoms with E-state index in [0.29, 0.717) is 0 Å². The van der Waals surface area contributed by atoms with Gasteiger partial charge in [0.05, 0.1) is 24.0 Å². The molecule has 2 aromatic rings. The Kier molecular flexibility index (Phi) is 5.21. The van der Waals surface area contributed by atoms with E-state index in [-0.39, 0.29) is 37.4 Å². The first-order chi connectivity index (χ1) is 13.2. The molecule has 0 N–H and O–H groups in total. The van der Waals surface area contributed by atoms with Gasteiger partial charge in [-0.15, -0.1) is 0 Å². The van der Waals surface area contributed by atoms with E-state index in [1.807, 2.05) is 60.7 Å². The van der Waals surface area contributed by atoms with E-state index in [1.54, 1.807) is 0 Å². The fourth-order valence-electron chi connectivity index (χ4n) is 3.93. The monoisotopic (exact) mass is 366 g/mol. The molecule has 4 unspecified atom stereocenters. The Hall–Kier alpha value is -2.66. The summed E-state index contributed by atoms with van der Waals surface area (Å²) in [4.78, 5) is 25.4. The zero-order valence-corrected chi connectivity index (χ0v) is 15.0.